The third kappa shape index (κ3) is 3.48. The van der Waals surface area contributed by atoms with E-state index >= 15 is 0 Å². The summed E-state index contributed by atoms with van der Waals surface area (Å²) in [7, 11) is 0. The molecule has 2 rings (SSSR count). The summed E-state index contributed by atoms with van der Waals surface area (Å²) in [5.41, 5.74) is 0.842. The largest absolute Gasteiger partial charge is 0.442 e. The van der Waals surface area contributed by atoms with Crippen LogP contribution >= 0.6 is 15.9 Å². The van der Waals surface area contributed by atoms with E-state index in [-0.39, 0.29) is 17.7 Å². The molecule has 2 atom stereocenters. The Bertz CT molecular complexity index is 514. The van der Waals surface area contributed by atoms with Crippen LogP contribution in [0.15, 0.2) is 28.7 Å². The zero-order valence-corrected chi connectivity index (χ0v) is 15.5. The Balaban J connectivity index is 2.13. The van der Waals surface area contributed by atoms with E-state index in [1.54, 1.807) is 0 Å². The van der Waals surface area contributed by atoms with Crippen molar-refractivity contribution in [3.63, 3.8) is 0 Å². The number of halogens is 1. The summed E-state index contributed by atoms with van der Waals surface area (Å²) in [6.45, 7) is 9.27. The molecule has 1 heterocycles. The van der Waals surface area contributed by atoms with Crippen LogP contribution in [-0.4, -0.2) is 23.1 Å². The maximum absolute atomic E-state index is 12.6. The predicted octanol–water partition coefficient (Wildman–Crippen LogP) is 5.55. The fourth-order valence-corrected chi connectivity index (χ4v) is 3.52. The zero-order valence-electron chi connectivity index (χ0n) is 13.9. The van der Waals surface area contributed by atoms with Gasteiger partial charge in [0.15, 0.2) is 0 Å². The van der Waals surface area contributed by atoms with Gasteiger partial charge in [0.25, 0.3) is 0 Å². The predicted molar refractivity (Wildman–Crippen MR) is 92.8 cm³/mol. The van der Waals surface area contributed by atoms with Gasteiger partial charge in [0.05, 0.1) is 6.04 Å². The van der Waals surface area contributed by atoms with Crippen molar-refractivity contribution in [1.82, 2.24) is 4.90 Å². The number of amides is 1. The highest BCUT2D eigenvalue weighted by atomic mass is 79.9. The van der Waals surface area contributed by atoms with Crippen LogP contribution in [0.25, 0.3) is 0 Å². The van der Waals surface area contributed by atoms with Crippen molar-refractivity contribution in [1.29, 1.82) is 0 Å². The summed E-state index contributed by atoms with van der Waals surface area (Å²) in [6, 6.07) is 8.16. The third-order valence-electron chi connectivity index (χ3n) is 4.85. The molecule has 1 aliphatic heterocycles. The van der Waals surface area contributed by atoms with Gasteiger partial charge in [-0.15, -0.1) is 0 Å². The molecule has 0 spiro atoms. The van der Waals surface area contributed by atoms with Gasteiger partial charge in [-0.2, -0.15) is 0 Å². The Morgan fingerprint density at radius 3 is 2.41 bits per heavy atom. The molecule has 3 nitrogen and oxygen atoms in total. The monoisotopic (exact) mass is 367 g/mol. The molecule has 22 heavy (non-hydrogen) atoms. The van der Waals surface area contributed by atoms with E-state index in [0.29, 0.717) is 5.92 Å². The minimum atomic E-state index is -0.290. The van der Waals surface area contributed by atoms with Crippen LogP contribution < -0.4 is 0 Å². The molecular formula is C18H26BrNO2. The fraction of sp³-hybridized carbons (Fsp3) is 0.611. The number of nitrogens with zero attached hydrogens (tertiary/aromatic N) is 1. The highest BCUT2D eigenvalue weighted by molar-refractivity contribution is 9.10. The molecule has 1 amide bonds. The van der Waals surface area contributed by atoms with Crippen molar-refractivity contribution in [2.75, 3.05) is 6.54 Å². The molecule has 4 heteroatoms. The Hall–Kier alpha value is -1.03. The topological polar surface area (TPSA) is 29.5 Å². The molecule has 0 N–H and O–H groups in total. The average molecular weight is 368 g/mol. The standard InChI is InChI=1S/C18H26BrNO2/c1-5-10-18(13(2)3)11-12-20(17(21)22-18)14(4)15-6-8-16(19)9-7-15/h6-9,13-14H,5,10-12H2,1-4H3/t14-,18?/m0/s1. The number of cyclic esters (lactones) is 1. The Labute approximate surface area is 142 Å². The first kappa shape index (κ1) is 17.3. The van der Waals surface area contributed by atoms with Gasteiger partial charge in [-0.05, 0) is 37.0 Å². The second-order valence-corrected chi connectivity index (χ2v) is 7.42. The lowest BCUT2D eigenvalue weighted by molar-refractivity contribution is -0.0874. The third-order valence-corrected chi connectivity index (χ3v) is 5.37. The van der Waals surface area contributed by atoms with Crippen LogP contribution in [0.1, 0.15) is 58.6 Å². The molecule has 0 bridgehead atoms. The molecule has 1 saturated heterocycles. The molecule has 1 fully saturated rings. The first-order chi connectivity index (χ1) is 10.4. The van der Waals surface area contributed by atoms with Crippen molar-refractivity contribution < 1.29 is 9.53 Å². The number of ether oxygens (including phenoxy) is 1. The van der Waals surface area contributed by atoms with E-state index in [9.17, 15) is 4.79 Å². The van der Waals surface area contributed by atoms with Crippen LogP contribution in [0.3, 0.4) is 0 Å². The lowest BCUT2D eigenvalue weighted by Gasteiger charge is -2.45. The van der Waals surface area contributed by atoms with Gasteiger partial charge in [0.1, 0.15) is 5.60 Å². The number of benzene rings is 1. The van der Waals surface area contributed by atoms with E-state index in [2.05, 4.69) is 55.8 Å². The lowest BCUT2D eigenvalue weighted by Crippen LogP contribution is -2.52. The van der Waals surface area contributed by atoms with E-state index in [1.807, 2.05) is 17.0 Å². The number of hydrogen-bond acceptors (Lipinski definition) is 2. The molecule has 0 aliphatic carbocycles. The van der Waals surface area contributed by atoms with Crippen LogP contribution in [0.2, 0.25) is 0 Å². The van der Waals surface area contributed by atoms with Crippen molar-refractivity contribution >= 4 is 22.0 Å². The van der Waals surface area contributed by atoms with Gasteiger partial charge in [-0.25, -0.2) is 4.79 Å². The molecule has 0 radical (unpaired) electrons. The van der Waals surface area contributed by atoms with Gasteiger partial charge in [0.2, 0.25) is 0 Å². The minimum absolute atomic E-state index is 0.0346. The van der Waals surface area contributed by atoms with Gasteiger partial charge < -0.3 is 9.64 Å². The maximum atomic E-state index is 12.6. The smallest absolute Gasteiger partial charge is 0.410 e. The summed E-state index contributed by atoms with van der Waals surface area (Å²) in [6.07, 6.45) is 2.71. The molecule has 1 aliphatic rings. The highest BCUT2D eigenvalue weighted by Crippen LogP contribution is 2.37. The Morgan fingerprint density at radius 1 is 1.27 bits per heavy atom. The second-order valence-electron chi connectivity index (χ2n) is 6.51. The number of carbonyl (C=O) groups is 1. The lowest BCUT2D eigenvalue weighted by atomic mass is 9.82. The van der Waals surface area contributed by atoms with E-state index in [4.69, 9.17) is 4.74 Å². The van der Waals surface area contributed by atoms with Gasteiger partial charge in [-0.3, -0.25) is 0 Å². The summed E-state index contributed by atoms with van der Waals surface area (Å²) in [5.74, 6) is 0.349. The van der Waals surface area contributed by atoms with E-state index < -0.39 is 0 Å². The zero-order chi connectivity index (χ0) is 16.3. The Kier molecular flexibility index (Phi) is 5.54. The number of hydrogen-bond donors (Lipinski definition) is 0. The molecule has 122 valence electrons. The van der Waals surface area contributed by atoms with Crippen LogP contribution in [0.5, 0.6) is 0 Å². The summed E-state index contributed by atoms with van der Waals surface area (Å²) >= 11 is 3.45. The molecule has 1 aromatic carbocycles. The van der Waals surface area contributed by atoms with Crippen LogP contribution in [-0.2, 0) is 4.74 Å². The molecule has 0 saturated carbocycles. The first-order valence-corrected chi connectivity index (χ1v) is 8.94. The summed E-state index contributed by atoms with van der Waals surface area (Å²) < 4.78 is 6.98. The Morgan fingerprint density at radius 2 is 1.91 bits per heavy atom. The van der Waals surface area contributed by atoms with E-state index in [0.717, 1.165) is 35.8 Å². The van der Waals surface area contributed by atoms with E-state index in [1.165, 1.54) is 0 Å². The molecule has 0 aromatic heterocycles. The first-order valence-electron chi connectivity index (χ1n) is 8.14. The van der Waals surface area contributed by atoms with Crippen molar-refractivity contribution in [3.05, 3.63) is 34.3 Å². The highest BCUT2D eigenvalue weighted by Gasteiger charge is 2.43. The maximum Gasteiger partial charge on any atom is 0.410 e. The molecule has 1 unspecified atom stereocenters. The number of rotatable bonds is 5. The normalized spacial score (nSPS) is 23.5. The SMILES string of the molecule is CCCC1(C(C)C)CCN([C@@H](C)c2ccc(Br)cc2)C(=O)O1. The number of carbonyl (C=O) groups excluding carboxylic acids is 1. The van der Waals surface area contributed by atoms with Crippen LogP contribution in [0.4, 0.5) is 4.79 Å². The minimum Gasteiger partial charge on any atom is -0.442 e. The quantitative estimate of drug-likeness (QED) is 0.682. The van der Waals surface area contributed by atoms with Gasteiger partial charge >= 0.3 is 6.09 Å². The van der Waals surface area contributed by atoms with Crippen molar-refractivity contribution in [2.45, 2.75) is 58.6 Å². The van der Waals surface area contributed by atoms with Gasteiger partial charge in [-0.1, -0.05) is 55.3 Å². The van der Waals surface area contributed by atoms with Crippen molar-refractivity contribution in [3.8, 4) is 0 Å². The fourth-order valence-electron chi connectivity index (χ4n) is 3.25. The summed E-state index contributed by atoms with van der Waals surface area (Å²) in [5, 5.41) is 0. The summed E-state index contributed by atoms with van der Waals surface area (Å²) in [4.78, 5) is 14.4. The average Bonchev–Trinajstić information content (AvgIpc) is 2.47. The molecule has 1 aromatic rings. The van der Waals surface area contributed by atoms with Crippen LogP contribution in [0, 0.1) is 5.92 Å². The second kappa shape index (κ2) is 7.03. The molecular weight excluding hydrogens is 342 g/mol. The van der Waals surface area contributed by atoms with Gasteiger partial charge in [0, 0.05) is 17.4 Å². The van der Waals surface area contributed by atoms with Crippen molar-refractivity contribution in [2.24, 2.45) is 5.92 Å².